The minimum absolute atomic E-state index is 0.338. The Balaban J connectivity index is 1.42. The van der Waals surface area contributed by atoms with Crippen molar-refractivity contribution in [3.05, 3.63) is 59.8 Å². The number of nitrogens with one attached hydrogen (secondary N) is 3. The molecule has 0 radical (unpaired) electrons. The van der Waals surface area contributed by atoms with Gasteiger partial charge in [0.1, 0.15) is 0 Å². The number of nitrogens with zero attached hydrogens (tertiary/aromatic N) is 3. The summed E-state index contributed by atoms with van der Waals surface area (Å²) >= 11 is 0. The lowest BCUT2D eigenvalue weighted by molar-refractivity contribution is 0.584. The molecule has 0 aliphatic heterocycles. The Morgan fingerprint density at radius 1 is 1.08 bits per heavy atom. The molecular formula is C17H16N6O. The summed E-state index contributed by atoms with van der Waals surface area (Å²) in [6.07, 6.45) is 1.77. The molecule has 4 rings (SSSR count). The van der Waals surface area contributed by atoms with E-state index in [9.17, 15) is 0 Å². The first kappa shape index (κ1) is 14.3. The minimum Gasteiger partial charge on any atom is -0.389 e. The molecule has 0 atom stereocenters. The van der Waals surface area contributed by atoms with Crippen LogP contribution in [0.15, 0.2) is 53.1 Å². The third-order valence-corrected chi connectivity index (χ3v) is 3.64. The predicted octanol–water partition coefficient (Wildman–Crippen LogP) is 3.61. The molecule has 4 aromatic rings. The first-order valence-electron chi connectivity index (χ1n) is 7.59. The number of anilines is 3. The van der Waals surface area contributed by atoms with Crippen LogP contribution in [0.2, 0.25) is 0 Å². The average molecular weight is 320 g/mol. The highest BCUT2D eigenvalue weighted by atomic mass is 16.4. The second kappa shape index (κ2) is 6.04. The van der Waals surface area contributed by atoms with Gasteiger partial charge in [-0.3, -0.25) is 5.10 Å². The summed E-state index contributed by atoms with van der Waals surface area (Å²) in [7, 11) is 0. The van der Waals surface area contributed by atoms with Gasteiger partial charge in [-0.15, -0.1) is 0 Å². The van der Waals surface area contributed by atoms with Crippen molar-refractivity contribution >= 4 is 28.6 Å². The third-order valence-electron chi connectivity index (χ3n) is 3.64. The van der Waals surface area contributed by atoms with Crippen LogP contribution >= 0.6 is 0 Å². The molecule has 0 saturated carbocycles. The van der Waals surface area contributed by atoms with Gasteiger partial charge in [-0.2, -0.15) is 5.10 Å². The summed E-state index contributed by atoms with van der Waals surface area (Å²) in [5.41, 5.74) is 4.22. The molecule has 0 amide bonds. The molecule has 2 aromatic carbocycles. The summed E-state index contributed by atoms with van der Waals surface area (Å²) < 4.78 is 5.57. The van der Waals surface area contributed by atoms with Gasteiger partial charge in [0.15, 0.2) is 0 Å². The number of hydrogen-bond donors (Lipinski definition) is 3. The van der Waals surface area contributed by atoms with Crippen molar-refractivity contribution in [1.82, 2.24) is 20.4 Å². The highest BCUT2D eigenvalue weighted by Gasteiger charge is 2.07. The van der Waals surface area contributed by atoms with E-state index in [1.807, 2.05) is 24.3 Å². The number of aromatic nitrogens is 4. The summed E-state index contributed by atoms with van der Waals surface area (Å²) in [6, 6.07) is 14.8. The molecule has 0 bridgehead atoms. The van der Waals surface area contributed by atoms with Crippen molar-refractivity contribution in [1.29, 1.82) is 0 Å². The van der Waals surface area contributed by atoms with Crippen molar-refractivity contribution in [3.63, 3.8) is 0 Å². The predicted molar refractivity (Wildman–Crippen MR) is 92.2 cm³/mol. The van der Waals surface area contributed by atoms with Crippen LogP contribution in [0.4, 0.5) is 17.7 Å². The van der Waals surface area contributed by atoms with Crippen LogP contribution < -0.4 is 10.6 Å². The van der Waals surface area contributed by atoms with Gasteiger partial charge >= 0.3 is 12.0 Å². The van der Waals surface area contributed by atoms with Crippen molar-refractivity contribution in [3.8, 4) is 0 Å². The third kappa shape index (κ3) is 3.05. The van der Waals surface area contributed by atoms with Crippen LogP contribution in [0.25, 0.3) is 10.9 Å². The topological polar surface area (TPSA) is 91.7 Å². The van der Waals surface area contributed by atoms with Crippen LogP contribution in [0.3, 0.4) is 0 Å². The molecule has 0 unspecified atom stereocenters. The molecule has 7 heteroatoms. The van der Waals surface area contributed by atoms with E-state index in [-0.39, 0.29) is 0 Å². The van der Waals surface area contributed by atoms with Gasteiger partial charge in [-0.05, 0) is 30.7 Å². The van der Waals surface area contributed by atoms with E-state index in [0.29, 0.717) is 18.6 Å². The molecule has 0 aliphatic carbocycles. The highest BCUT2D eigenvalue weighted by molar-refractivity contribution is 5.82. The summed E-state index contributed by atoms with van der Waals surface area (Å²) in [6.45, 7) is 2.69. The zero-order valence-electron chi connectivity index (χ0n) is 13.1. The number of benzene rings is 2. The lowest BCUT2D eigenvalue weighted by atomic mass is 10.1. The molecular weight excluding hydrogens is 304 g/mol. The smallest absolute Gasteiger partial charge is 0.321 e. The monoisotopic (exact) mass is 320 g/mol. The van der Waals surface area contributed by atoms with Crippen molar-refractivity contribution in [2.75, 3.05) is 10.6 Å². The summed E-state index contributed by atoms with van der Waals surface area (Å²) in [5.74, 6) is 0. The van der Waals surface area contributed by atoms with E-state index in [2.05, 4.69) is 56.2 Å². The quantitative estimate of drug-likeness (QED) is 0.520. The number of fused-ring (bicyclic) bond motifs is 1. The maximum Gasteiger partial charge on any atom is 0.321 e. The minimum atomic E-state index is 0.338. The Morgan fingerprint density at radius 2 is 2.00 bits per heavy atom. The molecule has 120 valence electrons. The van der Waals surface area contributed by atoms with Crippen molar-refractivity contribution < 1.29 is 4.42 Å². The second-order valence-corrected chi connectivity index (χ2v) is 5.55. The van der Waals surface area contributed by atoms with Gasteiger partial charge in [-0.1, -0.05) is 40.0 Å². The SMILES string of the molecule is Cc1cccc(CNc2nnc(Nc3ccc4[nH]ncc4c3)o2)c1. The Morgan fingerprint density at radius 3 is 2.92 bits per heavy atom. The van der Waals surface area contributed by atoms with Gasteiger partial charge in [-0.25, -0.2) is 0 Å². The van der Waals surface area contributed by atoms with Crippen molar-refractivity contribution in [2.45, 2.75) is 13.5 Å². The molecule has 2 heterocycles. The number of H-pyrrole nitrogens is 1. The molecule has 0 saturated heterocycles. The zero-order valence-corrected chi connectivity index (χ0v) is 13.1. The van der Waals surface area contributed by atoms with Crippen molar-refractivity contribution in [2.24, 2.45) is 0 Å². The maximum absolute atomic E-state index is 5.57. The molecule has 24 heavy (non-hydrogen) atoms. The Bertz CT molecular complexity index is 974. The second-order valence-electron chi connectivity index (χ2n) is 5.55. The maximum atomic E-state index is 5.57. The molecule has 0 fully saturated rings. The lowest BCUT2D eigenvalue weighted by Crippen LogP contribution is -1.99. The number of aryl methyl sites for hydroxylation is 1. The van der Waals surface area contributed by atoms with Gasteiger partial charge in [0.25, 0.3) is 0 Å². The standard InChI is InChI=1S/C17H16N6O/c1-11-3-2-4-12(7-11)9-18-16-22-23-17(24-16)20-14-5-6-15-13(8-14)10-19-21-15/h2-8,10H,9H2,1H3,(H,18,22)(H,19,21)(H,20,23). The highest BCUT2D eigenvalue weighted by Crippen LogP contribution is 2.21. The van der Waals surface area contributed by atoms with E-state index in [4.69, 9.17) is 4.42 Å². The largest absolute Gasteiger partial charge is 0.389 e. The normalized spacial score (nSPS) is 10.9. The lowest BCUT2D eigenvalue weighted by Gasteiger charge is -2.03. The average Bonchev–Trinajstić information content (AvgIpc) is 3.22. The summed E-state index contributed by atoms with van der Waals surface area (Å²) in [5, 5.41) is 22.1. The van der Waals surface area contributed by atoms with E-state index in [0.717, 1.165) is 22.2 Å². The molecule has 0 spiro atoms. The molecule has 2 aromatic heterocycles. The van der Waals surface area contributed by atoms with Gasteiger partial charge in [0, 0.05) is 17.6 Å². The fourth-order valence-electron chi connectivity index (χ4n) is 2.49. The fourth-order valence-corrected chi connectivity index (χ4v) is 2.49. The van der Waals surface area contributed by atoms with Crippen LogP contribution in [-0.2, 0) is 6.54 Å². The Labute approximate surface area is 138 Å². The van der Waals surface area contributed by atoms with E-state index >= 15 is 0 Å². The number of aromatic amines is 1. The Kier molecular flexibility index (Phi) is 3.59. The molecule has 7 nitrogen and oxygen atoms in total. The molecule has 3 N–H and O–H groups in total. The van der Waals surface area contributed by atoms with Gasteiger partial charge < -0.3 is 15.1 Å². The van der Waals surface area contributed by atoms with Crippen LogP contribution in [0, 0.1) is 6.92 Å². The Hall–Kier alpha value is -3.35. The van der Waals surface area contributed by atoms with Crippen LogP contribution in [0.1, 0.15) is 11.1 Å². The zero-order chi connectivity index (χ0) is 16.4. The van der Waals surface area contributed by atoms with E-state index < -0.39 is 0 Å². The first-order valence-corrected chi connectivity index (χ1v) is 7.59. The molecule has 0 aliphatic rings. The van der Waals surface area contributed by atoms with E-state index in [1.54, 1.807) is 6.20 Å². The van der Waals surface area contributed by atoms with Crippen LogP contribution in [0.5, 0.6) is 0 Å². The number of hydrogen-bond acceptors (Lipinski definition) is 6. The number of rotatable bonds is 5. The van der Waals surface area contributed by atoms with Crippen LogP contribution in [-0.4, -0.2) is 20.4 Å². The fraction of sp³-hybridized carbons (Fsp3) is 0.118. The van der Waals surface area contributed by atoms with Gasteiger partial charge in [0.05, 0.1) is 11.7 Å². The first-order chi connectivity index (χ1) is 11.8. The van der Waals surface area contributed by atoms with Gasteiger partial charge in [0.2, 0.25) is 0 Å². The summed E-state index contributed by atoms with van der Waals surface area (Å²) in [4.78, 5) is 0. The van der Waals surface area contributed by atoms with E-state index in [1.165, 1.54) is 5.56 Å².